The second-order valence-corrected chi connectivity index (χ2v) is 5.63. The van der Waals surface area contributed by atoms with E-state index in [2.05, 4.69) is 5.32 Å². The molecule has 1 N–H and O–H groups in total. The number of benzene rings is 1. The highest BCUT2D eigenvalue weighted by atomic mass is 35.5. The molecule has 1 amide bonds. The van der Waals surface area contributed by atoms with Crippen LogP contribution < -0.4 is 14.8 Å². The lowest BCUT2D eigenvalue weighted by atomic mass is 9.85. The monoisotopic (exact) mass is 311 g/mol. The van der Waals surface area contributed by atoms with E-state index in [0.29, 0.717) is 28.9 Å². The zero-order valence-corrected chi connectivity index (χ0v) is 13.3. The van der Waals surface area contributed by atoms with E-state index in [4.69, 9.17) is 21.1 Å². The fraction of sp³-hybridized carbons (Fsp3) is 0.562. The lowest BCUT2D eigenvalue weighted by molar-refractivity contribution is 0.0907. The van der Waals surface area contributed by atoms with Crippen molar-refractivity contribution in [3.05, 3.63) is 23.8 Å². The average molecular weight is 312 g/mol. The smallest absolute Gasteiger partial charge is 0.255 e. The Morgan fingerprint density at radius 2 is 2.05 bits per heavy atom. The summed E-state index contributed by atoms with van der Waals surface area (Å²) >= 11 is 6.01. The van der Waals surface area contributed by atoms with Crippen molar-refractivity contribution < 1.29 is 14.3 Å². The van der Waals surface area contributed by atoms with Crippen LogP contribution in [0.1, 0.15) is 36.0 Å². The number of ether oxygens (including phenoxy) is 2. The number of nitrogens with one attached hydrogen (secondary N) is 1. The third-order valence-electron chi connectivity index (χ3n) is 4.07. The molecule has 0 bridgehead atoms. The number of carbonyl (C=O) groups excluding carboxylic acids is 1. The van der Waals surface area contributed by atoms with Crippen LogP contribution in [0.25, 0.3) is 0 Å². The lowest BCUT2D eigenvalue weighted by Gasteiger charge is -2.31. The molecule has 2 unspecified atom stereocenters. The van der Waals surface area contributed by atoms with Gasteiger partial charge in [0.2, 0.25) is 0 Å². The lowest BCUT2D eigenvalue weighted by Crippen LogP contribution is -2.42. The van der Waals surface area contributed by atoms with Gasteiger partial charge in [-0.2, -0.15) is 0 Å². The van der Waals surface area contributed by atoms with Crippen LogP contribution in [-0.4, -0.2) is 32.0 Å². The SMILES string of the molecule is COc1cccc(C(=O)NC2CCCCC2CCl)c1OC. The van der Waals surface area contributed by atoms with Crippen molar-refractivity contribution >= 4 is 17.5 Å². The first-order chi connectivity index (χ1) is 10.2. The molecule has 0 saturated heterocycles. The predicted molar refractivity (Wildman–Crippen MR) is 83.5 cm³/mol. The summed E-state index contributed by atoms with van der Waals surface area (Å²) in [5, 5.41) is 3.10. The molecule has 1 aromatic rings. The molecule has 1 fully saturated rings. The van der Waals surface area contributed by atoms with Gasteiger partial charge >= 0.3 is 0 Å². The average Bonchev–Trinajstić information content (AvgIpc) is 2.54. The number of para-hydroxylation sites is 1. The van der Waals surface area contributed by atoms with Gasteiger partial charge in [0, 0.05) is 11.9 Å². The first kappa shape index (κ1) is 16.0. The Labute approximate surface area is 130 Å². The van der Waals surface area contributed by atoms with Gasteiger partial charge in [-0.3, -0.25) is 4.79 Å². The minimum atomic E-state index is -0.132. The summed E-state index contributed by atoms with van der Waals surface area (Å²) in [4.78, 5) is 12.5. The minimum absolute atomic E-state index is 0.132. The maximum Gasteiger partial charge on any atom is 0.255 e. The molecule has 1 aromatic carbocycles. The Hall–Kier alpha value is -1.42. The van der Waals surface area contributed by atoms with Crippen molar-refractivity contribution in [1.29, 1.82) is 0 Å². The highest BCUT2D eigenvalue weighted by Gasteiger charge is 2.27. The first-order valence-corrected chi connectivity index (χ1v) is 7.82. The normalized spacial score (nSPS) is 21.7. The van der Waals surface area contributed by atoms with Gasteiger partial charge in [0.05, 0.1) is 19.8 Å². The predicted octanol–water partition coefficient (Wildman–Crippen LogP) is 3.23. The van der Waals surface area contributed by atoms with Crippen LogP contribution in [0.3, 0.4) is 0 Å². The van der Waals surface area contributed by atoms with Gasteiger partial charge < -0.3 is 14.8 Å². The summed E-state index contributed by atoms with van der Waals surface area (Å²) in [7, 11) is 3.10. The van der Waals surface area contributed by atoms with E-state index in [9.17, 15) is 4.79 Å². The number of hydrogen-bond acceptors (Lipinski definition) is 3. The Morgan fingerprint density at radius 1 is 1.29 bits per heavy atom. The van der Waals surface area contributed by atoms with E-state index in [1.54, 1.807) is 25.3 Å². The van der Waals surface area contributed by atoms with E-state index in [0.717, 1.165) is 19.3 Å². The summed E-state index contributed by atoms with van der Waals surface area (Å²) in [5.74, 6) is 1.83. The van der Waals surface area contributed by atoms with Gasteiger partial charge in [-0.15, -0.1) is 11.6 Å². The van der Waals surface area contributed by atoms with Crippen LogP contribution in [0.15, 0.2) is 18.2 Å². The molecule has 2 rings (SSSR count). The van der Waals surface area contributed by atoms with Crippen LogP contribution in [0.2, 0.25) is 0 Å². The first-order valence-electron chi connectivity index (χ1n) is 7.29. The summed E-state index contributed by atoms with van der Waals surface area (Å²) in [6.07, 6.45) is 4.37. The molecule has 0 radical (unpaired) electrons. The molecular weight excluding hydrogens is 290 g/mol. The van der Waals surface area contributed by atoms with Crippen LogP contribution in [0.5, 0.6) is 11.5 Å². The molecular formula is C16H22ClNO3. The molecule has 0 aromatic heterocycles. The molecule has 21 heavy (non-hydrogen) atoms. The molecule has 1 saturated carbocycles. The molecule has 0 spiro atoms. The van der Waals surface area contributed by atoms with Crippen molar-refractivity contribution in [2.24, 2.45) is 5.92 Å². The van der Waals surface area contributed by atoms with Crippen LogP contribution >= 0.6 is 11.6 Å². The van der Waals surface area contributed by atoms with Gasteiger partial charge in [0.15, 0.2) is 11.5 Å². The van der Waals surface area contributed by atoms with Crippen molar-refractivity contribution in [2.75, 3.05) is 20.1 Å². The van der Waals surface area contributed by atoms with Crippen LogP contribution in [0.4, 0.5) is 0 Å². The Morgan fingerprint density at radius 3 is 2.71 bits per heavy atom. The molecule has 116 valence electrons. The van der Waals surface area contributed by atoms with Crippen molar-refractivity contribution in [2.45, 2.75) is 31.7 Å². The van der Waals surface area contributed by atoms with Gasteiger partial charge in [-0.05, 0) is 30.9 Å². The molecule has 1 aliphatic rings. The number of halogens is 1. The van der Waals surface area contributed by atoms with Gasteiger partial charge in [0.25, 0.3) is 5.91 Å². The topological polar surface area (TPSA) is 47.6 Å². The molecule has 0 aliphatic heterocycles. The number of rotatable bonds is 5. The fourth-order valence-corrected chi connectivity index (χ4v) is 3.26. The van der Waals surface area contributed by atoms with E-state index < -0.39 is 0 Å². The number of alkyl halides is 1. The number of carbonyl (C=O) groups is 1. The van der Waals surface area contributed by atoms with E-state index in [1.165, 1.54) is 13.5 Å². The van der Waals surface area contributed by atoms with Crippen molar-refractivity contribution in [3.8, 4) is 11.5 Å². The van der Waals surface area contributed by atoms with Crippen molar-refractivity contribution in [1.82, 2.24) is 5.32 Å². The van der Waals surface area contributed by atoms with E-state index in [1.807, 2.05) is 0 Å². The molecule has 2 atom stereocenters. The maximum absolute atomic E-state index is 12.5. The summed E-state index contributed by atoms with van der Waals surface area (Å²) in [5.41, 5.74) is 0.496. The quantitative estimate of drug-likeness (QED) is 0.849. The fourth-order valence-electron chi connectivity index (χ4n) is 2.89. The van der Waals surface area contributed by atoms with Gasteiger partial charge in [0.1, 0.15) is 0 Å². The Kier molecular flexibility index (Phi) is 5.74. The maximum atomic E-state index is 12.5. The largest absolute Gasteiger partial charge is 0.493 e. The standard InChI is InChI=1S/C16H22ClNO3/c1-20-14-9-5-7-12(15(14)21-2)16(19)18-13-8-4-3-6-11(13)10-17/h5,7,9,11,13H,3-4,6,8,10H2,1-2H3,(H,18,19). The summed E-state index contributed by atoms with van der Waals surface area (Å²) < 4.78 is 10.6. The van der Waals surface area contributed by atoms with Crippen molar-refractivity contribution in [3.63, 3.8) is 0 Å². The van der Waals surface area contributed by atoms with Gasteiger partial charge in [-0.1, -0.05) is 18.9 Å². The highest BCUT2D eigenvalue weighted by Crippen LogP contribution is 2.31. The zero-order valence-electron chi connectivity index (χ0n) is 12.5. The Balaban J connectivity index is 2.16. The second kappa shape index (κ2) is 7.55. The van der Waals surface area contributed by atoms with E-state index in [-0.39, 0.29) is 11.9 Å². The minimum Gasteiger partial charge on any atom is -0.493 e. The van der Waals surface area contributed by atoms with E-state index >= 15 is 0 Å². The van der Waals surface area contributed by atoms with Gasteiger partial charge in [-0.25, -0.2) is 0 Å². The third-order valence-corrected chi connectivity index (χ3v) is 4.47. The molecule has 0 heterocycles. The molecule has 5 heteroatoms. The second-order valence-electron chi connectivity index (χ2n) is 5.32. The molecule has 1 aliphatic carbocycles. The highest BCUT2D eigenvalue weighted by molar-refractivity contribution is 6.18. The summed E-state index contributed by atoms with van der Waals surface area (Å²) in [6.45, 7) is 0. The number of methoxy groups -OCH3 is 2. The number of hydrogen-bond donors (Lipinski definition) is 1. The number of amides is 1. The van der Waals surface area contributed by atoms with Crippen LogP contribution in [0, 0.1) is 5.92 Å². The summed E-state index contributed by atoms with van der Waals surface area (Å²) in [6, 6.07) is 5.45. The third kappa shape index (κ3) is 3.62. The molecule has 4 nitrogen and oxygen atoms in total. The zero-order chi connectivity index (χ0) is 15.2. The van der Waals surface area contributed by atoms with Crippen LogP contribution in [-0.2, 0) is 0 Å². The Bertz CT molecular complexity index is 492.